The molecule has 1 fully saturated rings. The second kappa shape index (κ2) is 8.84. The van der Waals surface area contributed by atoms with Gasteiger partial charge in [0.15, 0.2) is 0 Å². The largest absolute Gasteiger partial charge is 0.405 e. The van der Waals surface area contributed by atoms with Crippen molar-refractivity contribution in [3.05, 3.63) is 35.9 Å². The molecule has 2 amide bonds. The van der Waals surface area contributed by atoms with Gasteiger partial charge in [-0.05, 0) is 31.4 Å². The van der Waals surface area contributed by atoms with Gasteiger partial charge < -0.3 is 10.6 Å². The Morgan fingerprint density at radius 1 is 1.16 bits per heavy atom. The van der Waals surface area contributed by atoms with Crippen LogP contribution in [0.25, 0.3) is 0 Å². The topological polar surface area (TPSA) is 61.4 Å². The molecular formula is C17H22F3N3O2. The minimum absolute atomic E-state index is 0.0128. The van der Waals surface area contributed by atoms with E-state index in [0.717, 1.165) is 5.56 Å². The predicted octanol–water partition coefficient (Wildman–Crippen LogP) is 1.49. The van der Waals surface area contributed by atoms with Gasteiger partial charge >= 0.3 is 6.18 Å². The minimum atomic E-state index is -4.44. The van der Waals surface area contributed by atoms with Crippen LogP contribution in [-0.2, 0) is 16.0 Å². The average Bonchev–Trinajstić information content (AvgIpc) is 3.01. The summed E-state index contributed by atoms with van der Waals surface area (Å²) in [5, 5.41) is 4.68. The number of hydrogen-bond acceptors (Lipinski definition) is 3. The summed E-state index contributed by atoms with van der Waals surface area (Å²) in [5.74, 6) is -0.904. The van der Waals surface area contributed by atoms with Crippen molar-refractivity contribution in [1.82, 2.24) is 15.5 Å². The van der Waals surface area contributed by atoms with Gasteiger partial charge in [-0.2, -0.15) is 13.2 Å². The first-order valence-electron chi connectivity index (χ1n) is 8.24. The highest BCUT2D eigenvalue weighted by Crippen LogP contribution is 2.18. The van der Waals surface area contributed by atoms with Gasteiger partial charge in [0, 0.05) is 6.54 Å². The molecule has 1 saturated heterocycles. The summed E-state index contributed by atoms with van der Waals surface area (Å²) in [5.41, 5.74) is 1.10. The van der Waals surface area contributed by atoms with Crippen LogP contribution in [-0.4, -0.2) is 55.1 Å². The van der Waals surface area contributed by atoms with E-state index in [1.165, 1.54) is 0 Å². The lowest BCUT2D eigenvalue weighted by Gasteiger charge is -2.23. The van der Waals surface area contributed by atoms with E-state index in [-0.39, 0.29) is 12.5 Å². The number of nitrogens with zero attached hydrogens (tertiary/aromatic N) is 1. The van der Waals surface area contributed by atoms with E-state index in [2.05, 4.69) is 5.32 Å². The Bertz CT molecular complexity index is 578. The molecule has 0 bridgehead atoms. The lowest BCUT2D eigenvalue weighted by Crippen LogP contribution is -2.48. The summed E-state index contributed by atoms with van der Waals surface area (Å²) in [4.78, 5) is 25.5. The third-order valence-corrected chi connectivity index (χ3v) is 4.05. The van der Waals surface area contributed by atoms with Crippen molar-refractivity contribution in [2.24, 2.45) is 0 Å². The third kappa shape index (κ3) is 6.74. The summed E-state index contributed by atoms with van der Waals surface area (Å²) in [7, 11) is 0. The Balaban J connectivity index is 1.74. The first-order chi connectivity index (χ1) is 11.8. The van der Waals surface area contributed by atoms with Gasteiger partial charge in [-0.15, -0.1) is 0 Å². The van der Waals surface area contributed by atoms with Gasteiger partial charge in [0.1, 0.15) is 6.54 Å². The number of likely N-dealkylation sites (tertiary alicyclic amines) is 1. The third-order valence-electron chi connectivity index (χ3n) is 4.05. The van der Waals surface area contributed by atoms with Gasteiger partial charge in [0.25, 0.3) is 0 Å². The number of carbonyl (C=O) groups is 2. The summed E-state index contributed by atoms with van der Waals surface area (Å²) in [6.45, 7) is -0.337. The van der Waals surface area contributed by atoms with Gasteiger partial charge in [-0.1, -0.05) is 30.3 Å². The molecule has 0 aliphatic carbocycles. The van der Waals surface area contributed by atoms with Crippen molar-refractivity contribution >= 4 is 11.8 Å². The summed E-state index contributed by atoms with van der Waals surface area (Å²) >= 11 is 0. The minimum Gasteiger partial charge on any atom is -0.355 e. The van der Waals surface area contributed by atoms with Crippen LogP contribution in [0.3, 0.4) is 0 Å². The molecule has 1 aliphatic rings. The Kier molecular flexibility index (Phi) is 6.81. The van der Waals surface area contributed by atoms with Crippen LogP contribution in [0.1, 0.15) is 18.4 Å². The van der Waals surface area contributed by atoms with Crippen molar-refractivity contribution < 1.29 is 22.8 Å². The molecule has 1 unspecified atom stereocenters. The molecule has 1 atom stereocenters. The number of carbonyl (C=O) groups excluding carboxylic acids is 2. The highest BCUT2D eigenvalue weighted by molar-refractivity contribution is 5.84. The maximum atomic E-state index is 12.2. The van der Waals surface area contributed by atoms with Gasteiger partial charge in [0.2, 0.25) is 11.8 Å². The van der Waals surface area contributed by atoms with Crippen LogP contribution in [0, 0.1) is 0 Å². The SMILES string of the molecule is O=C(CN1CCCC1C(=O)NCC(F)(F)F)NCCc1ccccc1. The molecular weight excluding hydrogens is 335 g/mol. The molecule has 0 aromatic heterocycles. The zero-order valence-corrected chi connectivity index (χ0v) is 13.8. The summed E-state index contributed by atoms with van der Waals surface area (Å²) in [6, 6.07) is 9.01. The molecule has 2 N–H and O–H groups in total. The van der Waals surface area contributed by atoms with E-state index >= 15 is 0 Å². The van der Waals surface area contributed by atoms with Gasteiger partial charge in [-0.3, -0.25) is 14.5 Å². The first-order valence-corrected chi connectivity index (χ1v) is 8.24. The van der Waals surface area contributed by atoms with Crippen molar-refractivity contribution in [3.8, 4) is 0 Å². The van der Waals surface area contributed by atoms with E-state index in [1.54, 1.807) is 4.90 Å². The maximum absolute atomic E-state index is 12.2. The molecule has 25 heavy (non-hydrogen) atoms. The van der Waals surface area contributed by atoms with E-state index in [0.29, 0.717) is 32.4 Å². The second-order valence-electron chi connectivity index (χ2n) is 6.05. The number of hydrogen-bond donors (Lipinski definition) is 2. The van der Waals surface area contributed by atoms with Crippen LogP contribution >= 0.6 is 0 Å². The van der Waals surface area contributed by atoms with E-state index in [9.17, 15) is 22.8 Å². The molecule has 8 heteroatoms. The smallest absolute Gasteiger partial charge is 0.355 e. The number of alkyl halides is 3. The highest BCUT2D eigenvalue weighted by atomic mass is 19.4. The average molecular weight is 357 g/mol. The number of halogens is 3. The van der Waals surface area contributed by atoms with Crippen molar-refractivity contribution in [2.75, 3.05) is 26.2 Å². The highest BCUT2D eigenvalue weighted by Gasteiger charge is 2.34. The maximum Gasteiger partial charge on any atom is 0.405 e. The fourth-order valence-corrected chi connectivity index (χ4v) is 2.85. The molecule has 138 valence electrons. The molecule has 0 saturated carbocycles. The normalized spacial score (nSPS) is 18.1. The zero-order valence-electron chi connectivity index (χ0n) is 13.8. The number of amides is 2. The summed E-state index contributed by atoms with van der Waals surface area (Å²) < 4.78 is 36.6. The van der Waals surface area contributed by atoms with Crippen LogP contribution in [0.15, 0.2) is 30.3 Å². The fraction of sp³-hybridized carbons (Fsp3) is 0.529. The molecule has 1 aromatic carbocycles. The van der Waals surface area contributed by atoms with Crippen LogP contribution in [0.5, 0.6) is 0 Å². The summed E-state index contributed by atoms with van der Waals surface area (Å²) in [6.07, 6.45) is -2.60. The van der Waals surface area contributed by atoms with E-state index in [1.807, 2.05) is 35.6 Å². The molecule has 0 spiro atoms. The van der Waals surface area contributed by atoms with E-state index < -0.39 is 24.7 Å². The Labute approximate surface area is 144 Å². The standard InChI is InChI=1S/C17H22F3N3O2/c18-17(19,20)12-22-16(25)14-7-4-10-23(14)11-15(24)21-9-8-13-5-2-1-3-6-13/h1-3,5-6,14H,4,7-12H2,(H,21,24)(H,22,25). The molecule has 1 heterocycles. The van der Waals surface area contributed by atoms with Gasteiger partial charge in [0.05, 0.1) is 12.6 Å². The van der Waals surface area contributed by atoms with Crippen molar-refractivity contribution in [1.29, 1.82) is 0 Å². The molecule has 1 aromatic rings. The number of rotatable bonds is 7. The molecule has 5 nitrogen and oxygen atoms in total. The monoisotopic (exact) mass is 357 g/mol. The van der Waals surface area contributed by atoms with E-state index in [4.69, 9.17) is 0 Å². The van der Waals surface area contributed by atoms with Crippen molar-refractivity contribution in [3.63, 3.8) is 0 Å². The fourth-order valence-electron chi connectivity index (χ4n) is 2.85. The first kappa shape index (κ1) is 19.2. The van der Waals surface area contributed by atoms with Crippen molar-refractivity contribution in [2.45, 2.75) is 31.5 Å². The zero-order chi connectivity index (χ0) is 18.3. The van der Waals surface area contributed by atoms with Crippen LogP contribution in [0.2, 0.25) is 0 Å². The Morgan fingerprint density at radius 2 is 1.88 bits per heavy atom. The second-order valence-corrected chi connectivity index (χ2v) is 6.05. The van der Waals surface area contributed by atoms with Crippen LogP contribution < -0.4 is 10.6 Å². The number of benzene rings is 1. The van der Waals surface area contributed by atoms with Gasteiger partial charge in [-0.25, -0.2) is 0 Å². The quantitative estimate of drug-likeness (QED) is 0.777. The Hall–Kier alpha value is -2.09. The molecule has 2 rings (SSSR count). The van der Waals surface area contributed by atoms with Crippen LogP contribution in [0.4, 0.5) is 13.2 Å². The lowest BCUT2D eigenvalue weighted by atomic mass is 10.1. The Morgan fingerprint density at radius 3 is 2.56 bits per heavy atom. The predicted molar refractivity (Wildman–Crippen MR) is 86.8 cm³/mol. The molecule has 0 radical (unpaired) electrons. The number of nitrogens with one attached hydrogen (secondary N) is 2. The lowest BCUT2D eigenvalue weighted by molar-refractivity contribution is -0.141. The molecule has 1 aliphatic heterocycles.